The third kappa shape index (κ3) is 8.77. The third-order valence-corrected chi connectivity index (χ3v) is 8.01. The number of nitrogens with zero attached hydrogens (tertiary/aromatic N) is 4. The van der Waals surface area contributed by atoms with Crippen LogP contribution in [-0.2, 0) is 16.1 Å². The van der Waals surface area contributed by atoms with Gasteiger partial charge in [0.2, 0.25) is 11.8 Å². The third-order valence-electron chi connectivity index (χ3n) is 8.01. The van der Waals surface area contributed by atoms with Gasteiger partial charge >= 0.3 is 0 Å². The number of fused-ring (bicyclic) bond motifs is 16. The Morgan fingerprint density at radius 2 is 1.76 bits per heavy atom. The van der Waals surface area contributed by atoms with Gasteiger partial charge < -0.3 is 30.3 Å². The molecule has 0 unspecified atom stereocenters. The molecule has 13 nitrogen and oxygen atoms in total. The van der Waals surface area contributed by atoms with Crippen LogP contribution in [-0.4, -0.2) is 76.1 Å². The maximum atomic E-state index is 15.1. The lowest BCUT2D eigenvalue weighted by molar-refractivity contribution is -0.129. The summed E-state index contributed by atoms with van der Waals surface area (Å²) in [6.07, 6.45) is 4.16. The molecule has 6 rings (SSSR count). The Morgan fingerprint density at radius 3 is 2.51 bits per heavy atom. The first-order chi connectivity index (χ1) is 23.8. The topological polar surface area (TPSA) is 157 Å². The Labute approximate surface area is 282 Å². The van der Waals surface area contributed by atoms with Gasteiger partial charge in [-0.25, -0.2) is 4.39 Å². The molecule has 3 aromatic carbocycles. The fourth-order valence-electron chi connectivity index (χ4n) is 5.38. The lowest BCUT2D eigenvalue weighted by Gasteiger charge is -2.24. The van der Waals surface area contributed by atoms with Crippen LogP contribution in [0.1, 0.15) is 58.9 Å². The highest BCUT2D eigenvalue weighted by atomic mass is 19.1. The average molecular weight is 672 g/mol. The molecule has 256 valence electrons. The minimum Gasteiger partial charge on any atom is -0.493 e. The Hall–Kier alpha value is -5.79. The second-order valence-corrected chi connectivity index (χ2v) is 11.4. The number of halogens is 1. The summed E-state index contributed by atoms with van der Waals surface area (Å²) in [7, 11) is 1.44. The van der Waals surface area contributed by atoms with Crippen LogP contribution in [0.5, 0.6) is 17.2 Å². The van der Waals surface area contributed by atoms with Crippen LogP contribution in [0.2, 0.25) is 0 Å². The van der Waals surface area contributed by atoms with E-state index in [9.17, 15) is 19.2 Å². The zero-order valence-electron chi connectivity index (χ0n) is 27.3. The molecule has 3 N–H and O–H groups in total. The summed E-state index contributed by atoms with van der Waals surface area (Å²) in [5, 5.41) is 16.1. The fourth-order valence-corrected chi connectivity index (χ4v) is 5.38. The van der Waals surface area contributed by atoms with Crippen molar-refractivity contribution in [3.8, 4) is 22.9 Å². The molecule has 2 aliphatic rings. The molecule has 0 spiro atoms. The number of methoxy groups -OCH3 is 1. The van der Waals surface area contributed by atoms with E-state index in [2.05, 4.69) is 26.1 Å². The van der Waals surface area contributed by atoms with Crippen molar-refractivity contribution < 1.29 is 33.0 Å². The van der Waals surface area contributed by atoms with E-state index < -0.39 is 23.7 Å². The molecule has 3 heterocycles. The van der Waals surface area contributed by atoms with Gasteiger partial charge in [-0.05, 0) is 67.3 Å². The van der Waals surface area contributed by atoms with Gasteiger partial charge in [0.1, 0.15) is 18.7 Å². The predicted octanol–water partition coefficient (Wildman–Crippen LogP) is 3.77. The van der Waals surface area contributed by atoms with Crippen molar-refractivity contribution in [1.29, 1.82) is 0 Å². The SMILES string of the molecule is CC[C@@H]1NC(=O)CCCN(C(=O)c2ccccc2-n2cnnc2)CCCNC(=O)c2ccc(OC)c(c2)Oc2ccc(cc2F)CNC1=O. The second kappa shape index (κ2) is 16.4. The minimum absolute atomic E-state index is 0.0229. The zero-order valence-corrected chi connectivity index (χ0v) is 27.3. The molecule has 4 aromatic rings. The van der Waals surface area contributed by atoms with E-state index in [1.807, 2.05) is 6.07 Å². The van der Waals surface area contributed by atoms with Gasteiger partial charge in [-0.2, -0.15) is 0 Å². The summed E-state index contributed by atoms with van der Waals surface area (Å²) < 4.78 is 27.9. The van der Waals surface area contributed by atoms with E-state index in [1.165, 1.54) is 38.0 Å². The normalized spacial score (nSPS) is 16.6. The highest BCUT2D eigenvalue weighted by Gasteiger charge is 2.22. The second-order valence-electron chi connectivity index (χ2n) is 11.4. The minimum atomic E-state index is -0.793. The zero-order chi connectivity index (χ0) is 34.8. The van der Waals surface area contributed by atoms with Crippen LogP contribution in [0.4, 0.5) is 4.39 Å². The molecular weight excluding hydrogens is 633 g/mol. The van der Waals surface area contributed by atoms with Crippen molar-refractivity contribution in [2.45, 2.75) is 45.2 Å². The summed E-state index contributed by atoms with van der Waals surface area (Å²) >= 11 is 0. The number of para-hydroxylation sites is 1. The van der Waals surface area contributed by atoms with E-state index in [0.717, 1.165) is 0 Å². The van der Waals surface area contributed by atoms with E-state index in [0.29, 0.717) is 41.8 Å². The maximum absolute atomic E-state index is 15.1. The molecule has 4 amide bonds. The van der Waals surface area contributed by atoms with E-state index in [1.54, 1.807) is 52.8 Å². The van der Waals surface area contributed by atoms with E-state index >= 15 is 4.39 Å². The highest BCUT2D eigenvalue weighted by Crippen LogP contribution is 2.34. The smallest absolute Gasteiger partial charge is 0.255 e. The lowest BCUT2D eigenvalue weighted by Crippen LogP contribution is -2.46. The first-order valence-electron chi connectivity index (χ1n) is 16.0. The molecule has 1 aromatic heterocycles. The Morgan fingerprint density at radius 1 is 0.980 bits per heavy atom. The number of carbonyl (C=O) groups excluding carboxylic acids is 4. The van der Waals surface area contributed by atoms with Crippen LogP contribution < -0.4 is 25.4 Å². The quantitative estimate of drug-likeness (QED) is 0.296. The number of benzene rings is 3. The fraction of sp³-hybridized carbons (Fsp3) is 0.314. The molecule has 2 aliphatic heterocycles. The van der Waals surface area contributed by atoms with Crippen LogP contribution in [0.15, 0.2) is 73.3 Å². The number of rotatable bonds is 4. The molecular formula is C35H38FN7O6. The Kier molecular flexibility index (Phi) is 11.5. The van der Waals surface area contributed by atoms with Crippen molar-refractivity contribution in [2.75, 3.05) is 26.7 Å². The van der Waals surface area contributed by atoms with Gasteiger partial charge in [0.15, 0.2) is 23.1 Å². The first kappa shape index (κ1) is 34.5. The van der Waals surface area contributed by atoms with Gasteiger partial charge in [0, 0.05) is 38.2 Å². The monoisotopic (exact) mass is 671 g/mol. The van der Waals surface area contributed by atoms with Gasteiger partial charge in [-0.3, -0.25) is 23.7 Å². The van der Waals surface area contributed by atoms with Crippen LogP contribution in [0.25, 0.3) is 5.69 Å². The van der Waals surface area contributed by atoms with Crippen molar-refractivity contribution in [2.24, 2.45) is 0 Å². The van der Waals surface area contributed by atoms with Crippen molar-refractivity contribution in [3.05, 3.63) is 95.8 Å². The van der Waals surface area contributed by atoms with E-state index in [4.69, 9.17) is 9.47 Å². The first-order valence-corrected chi connectivity index (χ1v) is 16.0. The molecule has 49 heavy (non-hydrogen) atoms. The van der Waals surface area contributed by atoms with Crippen LogP contribution in [0, 0.1) is 5.82 Å². The summed E-state index contributed by atoms with van der Waals surface area (Å²) in [5.74, 6) is -1.74. The maximum Gasteiger partial charge on any atom is 0.255 e. The molecule has 14 heteroatoms. The van der Waals surface area contributed by atoms with Crippen LogP contribution >= 0.6 is 0 Å². The average Bonchev–Trinajstić information content (AvgIpc) is 3.66. The molecule has 0 saturated heterocycles. The molecule has 0 saturated carbocycles. The summed E-state index contributed by atoms with van der Waals surface area (Å²) in [4.78, 5) is 54.5. The van der Waals surface area contributed by atoms with Gasteiger partial charge in [-0.15, -0.1) is 10.2 Å². The number of hydrogen-bond acceptors (Lipinski definition) is 8. The number of ether oxygens (including phenoxy) is 2. The van der Waals surface area contributed by atoms with Crippen LogP contribution in [0.3, 0.4) is 0 Å². The number of amides is 4. The highest BCUT2D eigenvalue weighted by molar-refractivity contribution is 5.98. The number of aromatic nitrogens is 3. The molecule has 0 radical (unpaired) electrons. The molecule has 1 atom stereocenters. The van der Waals surface area contributed by atoms with Crippen molar-refractivity contribution in [3.63, 3.8) is 0 Å². The van der Waals surface area contributed by atoms with Gasteiger partial charge in [0.25, 0.3) is 11.8 Å². The Balaban J connectivity index is 1.39. The molecule has 0 fully saturated rings. The Bertz CT molecular complexity index is 1800. The largest absolute Gasteiger partial charge is 0.493 e. The lowest BCUT2D eigenvalue weighted by atomic mass is 10.1. The number of hydrogen-bond donors (Lipinski definition) is 3. The predicted molar refractivity (Wildman–Crippen MR) is 177 cm³/mol. The number of nitrogens with one attached hydrogen (secondary N) is 3. The van der Waals surface area contributed by atoms with Crippen molar-refractivity contribution >= 4 is 23.6 Å². The summed E-state index contributed by atoms with van der Waals surface area (Å²) in [5.41, 5.74) is 1.77. The molecule has 4 bridgehead atoms. The molecule has 0 aliphatic carbocycles. The van der Waals surface area contributed by atoms with Crippen molar-refractivity contribution in [1.82, 2.24) is 35.6 Å². The summed E-state index contributed by atoms with van der Waals surface area (Å²) in [6, 6.07) is 15.1. The van der Waals surface area contributed by atoms with Gasteiger partial charge in [-0.1, -0.05) is 25.1 Å². The van der Waals surface area contributed by atoms with Gasteiger partial charge in [0.05, 0.1) is 18.4 Å². The summed E-state index contributed by atoms with van der Waals surface area (Å²) in [6.45, 7) is 2.57. The standard InChI is InChI=1S/C35H38FN7O6/c1-3-27-34(46)38-20-23-11-13-29(26(36)18-23)49-31-19-24(12-14-30(31)48-2)33(45)37-15-7-17-42(16-6-10-32(44)41-27)35(47)25-8-4-5-9-28(25)43-21-39-40-22-43/h4-5,8-9,11-14,18-19,21-22,27H,3,6-7,10,15-17,20H2,1-2H3,(H,37,45)(H,38,46)(H,41,44)/t27-/m0/s1. The number of carbonyl (C=O) groups is 4. The van der Waals surface area contributed by atoms with E-state index in [-0.39, 0.29) is 61.5 Å².